The highest BCUT2D eigenvalue weighted by atomic mass is 35.5. The zero-order valence-corrected chi connectivity index (χ0v) is 19.3. The van der Waals surface area contributed by atoms with E-state index in [-0.39, 0.29) is 23.9 Å². The molecule has 0 unspecified atom stereocenters. The highest BCUT2D eigenvalue weighted by Gasteiger charge is 2.29. The van der Waals surface area contributed by atoms with Gasteiger partial charge in [0.2, 0.25) is 15.9 Å². The Balaban J connectivity index is 2.04. The Hall–Kier alpha value is -2.45. The van der Waals surface area contributed by atoms with Crippen LogP contribution in [0.1, 0.15) is 18.1 Å². The number of anilines is 1. The Morgan fingerprint density at radius 3 is 2.33 bits per heavy atom. The summed E-state index contributed by atoms with van der Waals surface area (Å²) in [5.74, 6) is 0.686. The average Bonchev–Trinajstić information content (AvgIpc) is 2.63. The van der Waals surface area contributed by atoms with E-state index in [1.54, 1.807) is 12.1 Å². The molecule has 0 aliphatic carbocycles. The molecule has 1 N–H and O–H groups in total. The predicted octanol–water partition coefficient (Wildman–Crippen LogP) is 3.32. The fraction of sp³-hybridized carbons (Fsp3) is 0.381. The zero-order chi connectivity index (χ0) is 22.5. The van der Waals surface area contributed by atoms with E-state index in [4.69, 9.17) is 21.1 Å². The summed E-state index contributed by atoms with van der Waals surface area (Å²) in [5.41, 5.74) is 2.45. The summed E-state index contributed by atoms with van der Waals surface area (Å²) >= 11 is 6.13. The molecule has 7 nitrogen and oxygen atoms in total. The number of halogens is 1. The molecule has 0 saturated carbocycles. The number of methoxy groups -OCH3 is 1. The molecule has 1 amide bonds. The molecule has 0 aromatic heterocycles. The van der Waals surface area contributed by atoms with E-state index in [1.807, 2.05) is 32.0 Å². The first kappa shape index (κ1) is 23.8. The van der Waals surface area contributed by atoms with E-state index in [9.17, 15) is 13.2 Å². The molecule has 2 aromatic rings. The van der Waals surface area contributed by atoms with Crippen LogP contribution in [0.25, 0.3) is 0 Å². The van der Waals surface area contributed by atoms with Gasteiger partial charge in [-0.2, -0.15) is 0 Å². The molecule has 0 heterocycles. The van der Waals surface area contributed by atoms with Gasteiger partial charge in [-0.15, -0.1) is 0 Å². The van der Waals surface area contributed by atoms with Crippen LogP contribution in [0.3, 0.4) is 0 Å². The van der Waals surface area contributed by atoms with Crippen LogP contribution in [0.4, 0.5) is 5.69 Å². The molecule has 0 spiro atoms. The quantitative estimate of drug-likeness (QED) is 0.587. The fourth-order valence-electron chi connectivity index (χ4n) is 3.11. The SMILES string of the molecule is COc1ccc(N([C@@H](C)C(=O)NCCOc2cc(C)cc(C)c2)S(C)(=O)=O)cc1Cl. The third kappa shape index (κ3) is 6.27. The Morgan fingerprint density at radius 2 is 1.80 bits per heavy atom. The van der Waals surface area contributed by atoms with Crippen LogP contribution in [-0.2, 0) is 14.8 Å². The van der Waals surface area contributed by atoms with E-state index in [1.165, 1.54) is 20.1 Å². The van der Waals surface area contributed by atoms with E-state index < -0.39 is 22.0 Å². The lowest BCUT2D eigenvalue weighted by Gasteiger charge is -2.28. The van der Waals surface area contributed by atoms with Crippen LogP contribution in [0, 0.1) is 13.8 Å². The Bertz CT molecular complexity index is 990. The molecule has 9 heteroatoms. The molecular weight excluding hydrogens is 428 g/mol. The highest BCUT2D eigenvalue weighted by Crippen LogP contribution is 2.31. The number of sulfonamides is 1. The summed E-state index contributed by atoms with van der Waals surface area (Å²) in [7, 11) is -2.28. The number of carbonyl (C=O) groups is 1. The van der Waals surface area contributed by atoms with Gasteiger partial charge in [0, 0.05) is 0 Å². The van der Waals surface area contributed by atoms with Crippen molar-refractivity contribution in [2.24, 2.45) is 0 Å². The summed E-state index contributed by atoms with van der Waals surface area (Å²) in [4.78, 5) is 12.6. The van der Waals surface area contributed by atoms with Crippen molar-refractivity contribution in [3.05, 3.63) is 52.5 Å². The topological polar surface area (TPSA) is 84.9 Å². The monoisotopic (exact) mass is 454 g/mol. The number of nitrogens with one attached hydrogen (secondary N) is 1. The number of hydrogen-bond acceptors (Lipinski definition) is 5. The number of benzene rings is 2. The van der Waals surface area contributed by atoms with Crippen molar-refractivity contribution in [3.8, 4) is 11.5 Å². The smallest absolute Gasteiger partial charge is 0.243 e. The summed E-state index contributed by atoms with van der Waals surface area (Å²) in [6.45, 7) is 5.97. The van der Waals surface area contributed by atoms with Crippen molar-refractivity contribution in [3.63, 3.8) is 0 Å². The van der Waals surface area contributed by atoms with Crippen LogP contribution in [0.15, 0.2) is 36.4 Å². The molecule has 0 bridgehead atoms. The molecule has 2 rings (SSSR count). The highest BCUT2D eigenvalue weighted by molar-refractivity contribution is 7.92. The fourth-order valence-corrected chi connectivity index (χ4v) is 4.53. The van der Waals surface area contributed by atoms with E-state index in [0.717, 1.165) is 27.4 Å². The minimum atomic E-state index is -3.74. The van der Waals surface area contributed by atoms with Crippen molar-refractivity contribution in [1.82, 2.24) is 5.32 Å². The van der Waals surface area contributed by atoms with Crippen LogP contribution < -0.4 is 19.1 Å². The van der Waals surface area contributed by atoms with E-state index in [0.29, 0.717) is 5.75 Å². The molecule has 0 aliphatic rings. The Kier molecular flexibility index (Phi) is 7.97. The molecular formula is C21H27ClN2O5S. The number of hydrogen-bond donors (Lipinski definition) is 1. The molecule has 0 fully saturated rings. The third-order valence-electron chi connectivity index (χ3n) is 4.34. The van der Waals surface area contributed by atoms with Gasteiger partial charge in [0.15, 0.2) is 0 Å². The van der Waals surface area contributed by atoms with Crippen molar-refractivity contribution in [1.29, 1.82) is 0 Å². The lowest BCUT2D eigenvalue weighted by Crippen LogP contribution is -2.48. The normalized spacial score (nSPS) is 12.2. The largest absolute Gasteiger partial charge is 0.495 e. The van der Waals surface area contributed by atoms with E-state index >= 15 is 0 Å². The zero-order valence-electron chi connectivity index (χ0n) is 17.7. The van der Waals surface area contributed by atoms with E-state index in [2.05, 4.69) is 5.32 Å². The molecule has 2 aromatic carbocycles. The van der Waals surface area contributed by atoms with Gasteiger partial charge >= 0.3 is 0 Å². The van der Waals surface area contributed by atoms with Crippen molar-refractivity contribution in [2.75, 3.05) is 30.8 Å². The van der Waals surface area contributed by atoms with Crippen LogP contribution >= 0.6 is 11.6 Å². The Morgan fingerprint density at radius 1 is 1.17 bits per heavy atom. The first-order chi connectivity index (χ1) is 14.0. The second kappa shape index (κ2) is 10.0. The maximum atomic E-state index is 12.6. The number of amides is 1. The number of carbonyl (C=O) groups excluding carboxylic acids is 1. The lowest BCUT2D eigenvalue weighted by atomic mass is 10.1. The number of rotatable bonds is 9. The van der Waals surface area contributed by atoms with Gasteiger partial charge in [-0.25, -0.2) is 8.42 Å². The number of aryl methyl sites for hydroxylation is 2. The number of ether oxygens (including phenoxy) is 2. The van der Waals surface area contributed by atoms with Gasteiger partial charge < -0.3 is 14.8 Å². The van der Waals surface area contributed by atoms with Crippen molar-refractivity contribution in [2.45, 2.75) is 26.8 Å². The molecule has 0 radical (unpaired) electrons. The molecule has 0 saturated heterocycles. The lowest BCUT2D eigenvalue weighted by molar-refractivity contribution is -0.121. The first-order valence-corrected chi connectivity index (χ1v) is 11.6. The van der Waals surface area contributed by atoms with Gasteiger partial charge in [0.05, 0.1) is 30.6 Å². The summed E-state index contributed by atoms with van der Waals surface area (Å²) in [6.07, 6.45) is 1.04. The molecule has 1 atom stereocenters. The molecule has 30 heavy (non-hydrogen) atoms. The molecule has 164 valence electrons. The first-order valence-electron chi connectivity index (χ1n) is 9.34. The van der Waals surface area contributed by atoms with Gasteiger partial charge in [0.1, 0.15) is 24.1 Å². The van der Waals surface area contributed by atoms with Crippen LogP contribution in [0.5, 0.6) is 11.5 Å². The minimum absolute atomic E-state index is 0.233. The standard InChI is InChI=1S/C21H27ClN2O5S/c1-14-10-15(2)12-18(11-14)29-9-8-23-21(25)16(3)24(30(5,26)27)17-6-7-20(28-4)19(22)13-17/h6-7,10-13,16H,8-9H2,1-5H3,(H,23,25)/t16-/m0/s1. The van der Waals surface area contributed by atoms with Crippen LogP contribution in [-0.4, -0.2) is 46.9 Å². The van der Waals surface area contributed by atoms with Gasteiger partial charge in [-0.3, -0.25) is 9.10 Å². The maximum absolute atomic E-state index is 12.6. The van der Waals surface area contributed by atoms with Gasteiger partial charge in [-0.05, 0) is 62.2 Å². The second-order valence-corrected chi connectivity index (χ2v) is 9.28. The predicted molar refractivity (Wildman–Crippen MR) is 119 cm³/mol. The maximum Gasteiger partial charge on any atom is 0.243 e. The van der Waals surface area contributed by atoms with Gasteiger partial charge in [0.25, 0.3) is 0 Å². The average molecular weight is 455 g/mol. The van der Waals surface area contributed by atoms with Crippen LogP contribution in [0.2, 0.25) is 5.02 Å². The summed E-state index contributed by atoms with van der Waals surface area (Å²) < 4.78 is 36.5. The van der Waals surface area contributed by atoms with Crippen molar-refractivity contribution < 1.29 is 22.7 Å². The van der Waals surface area contributed by atoms with Crippen molar-refractivity contribution >= 4 is 33.2 Å². The Labute approximate surface area is 183 Å². The third-order valence-corrected chi connectivity index (χ3v) is 5.88. The second-order valence-electron chi connectivity index (χ2n) is 7.02. The minimum Gasteiger partial charge on any atom is -0.495 e. The summed E-state index contributed by atoms with van der Waals surface area (Å²) in [5, 5.41) is 2.96. The summed E-state index contributed by atoms with van der Waals surface area (Å²) in [6, 6.07) is 9.44. The molecule has 0 aliphatic heterocycles. The van der Waals surface area contributed by atoms with Gasteiger partial charge in [-0.1, -0.05) is 17.7 Å². The number of nitrogens with zero attached hydrogens (tertiary/aromatic N) is 1.